The van der Waals surface area contributed by atoms with Crippen molar-refractivity contribution in [2.24, 2.45) is 0 Å². The van der Waals surface area contributed by atoms with Crippen LogP contribution in [0.1, 0.15) is 0 Å². The van der Waals surface area contributed by atoms with Crippen molar-refractivity contribution in [1.82, 2.24) is 0 Å². The molecule has 0 spiro atoms. The molecule has 0 bridgehead atoms. The van der Waals surface area contributed by atoms with Crippen molar-refractivity contribution in [2.45, 2.75) is 79.2 Å². The number of hydrogen-bond acceptors (Lipinski definition) is 17. The Kier molecular flexibility index (Phi) is 16.2. The molecule has 0 aromatic carbocycles. The van der Waals surface area contributed by atoms with Gasteiger partial charge in [-0.15, -0.1) is 0 Å². The molecular weight excluding hydrogens is 567 g/mol. The SMILES string of the molecule is O=C(O[C@H]1[C@H](O)[C@@H](CO)O[C@@]1(CO)O[C@H]1O[C@H](CO)[C@@H](O)[C@H](O)[C@H]1O)[C@H](O)[C@@H](O)[C@H](O)[C@H](O)CO.[Fe].[NaH]. The molecule has 12 N–H and O–H groups in total. The van der Waals surface area contributed by atoms with Crippen LogP contribution < -0.4 is 0 Å². The van der Waals surface area contributed by atoms with Crippen LogP contribution in [0.5, 0.6) is 0 Å². The van der Waals surface area contributed by atoms with Crippen LogP contribution in [0.4, 0.5) is 0 Å². The summed E-state index contributed by atoms with van der Waals surface area (Å²) in [6.45, 7) is -4.04. The van der Waals surface area contributed by atoms with E-state index in [0.717, 1.165) is 0 Å². The fraction of sp³-hybridized carbons (Fsp3) is 0.944. The van der Waals surface area contributed by atoms with E-state index in [1.54, 1.807) is 0 Å². The Morgan fingerprint density at radius 2 is 1.41 bits per heavy atom. The fourth-order valence-corrected chi connectivity index (χ4v) is 3.63. The first-order chi connectivity index (χ1) is 16.4. The molecule has 2 heterocycles. The van der Waals surface area contributed by atoms with Gasteiger partial charge in [0.2, 0.25) is 5.79 Å². The molecule has 19 heteroatoms. The van der Waals surface area contributed by atoms with Gasteiger partial charge in [-0.25, -0.2) is 4.79 Å². The van der Waals surface area contributed by atoms with Crippen molar-refractivity contribution in [3.05, 3.63) is 0 Å². The van der Waals surface area contributed by atoms with Gasteiger partial charge in [-0.2, -0.15) is 0 Å². The number of hydrogen-bond donors (Lipinski definition) is 12. The number of carbonyl (C=O) groups is 1. The van der Waals surface area contributed by atoms with E-state index in [1.165, 1.54) is 0 Å². The molecule has 2 aliphatic heterocycles. The summed E-state index contributed by atoms with van der Waals surface area (Å²) in [5, 5.41) is 117. The Morgan fingerprint density at radius 3 is 1.89 bits per heavy atom. The summed E-state index contributed by atoms with van der Waals surface area (Å²) >= 11 is 0. The molecule has 0 amide bonds. The Labute approximate surface area is 242 Å². The third kappa shape index (κ3) is 7.99. The normalized spacial score (nSPS) is 39.0. The van der Waals surface area contributed by atoms with Crippen LogP contribution >= 0.6 is 0 Å². The van der Waals surface area contributed by atoms with Crippen molar-refractivity contribution >= 4 is 35.5 Å². The second-order valence-corrected chi connectivity index (χ2v) is 8.15. The van der Waals surface area contributed by atoms with Gasteiger partial charge in [-0.1, -0.05) is 0 Å². The van der Waals surface area contributed by atoms with Gasteiger partial charge in [0.1, 0.15) is 61.5 Å². The van der Waals surface area contributed by atoms with E-state index < -0.39 is 112 Å². The van der Waals surface area contributed by atoms with Crippen LogP contribution in [-0.4, -0.2) is 202 Å². The zero-order valence-corrected chi connectivity index (χ0v) is 19.6. The van der Waals surface area contributed by atoms with Crippen LogP contribution in [0.15, 0.2) is 0 Å². The van der Waals surface area contributed by atoms with Crippen LogP contribution in [0, 0.1) is 0 Å². The molecule has 0 saturated carbocycles. The first kappa shape index (κ1) is 37.4. The van der Waals surface area contributed by atoms with Crippen LogP contribution in [0.2, 0.25) is 0 Å². The average molecular weight is 600 g/mol. The topological polar surface area (TPSA) is 297 Å². The summed E-state index contributed by atoms with van der Waals surface area (Å²) < 4.78 is 20.7. The monoisotopic (exact) mass is 600 g/mol. The maximum atomic E-state index is 12.4. The van der Waals surface area contributed by atoms with Crippen LogP contribution in [0.25, 0.3) is 0 Å². The summed E-state index contributed by atoms with van der Waals surface area (Å²) in [5.41, 5.74) is 0. The first-order valence-electron chi connectivity index (χ1n) is 10.5. The van der Waals surface area contributed by atoms with Crippen molar-refractivity contribution in [1.29, 1.82) is 0 Å². The fourth-order valence-electron chi connectivity index (χ4n) is 3.63. The number of aliphatic hydroxyl groups is 12. The second kappa shape index (κ2) is 16.0. The average Bonchev–Trinajstić information content (AvgIpc) is 3.12. The Bertz CT molecular complexity index is 693. The van der Waals surface area contributed by atoms with E-state index in [2.05, 4.69) is 0 Å². The molecule has 37 heavy (non-hydrogen) atoms. The van der Waals surface area contributed by atoms with E-state index in [0.29, 0.717) is 0 Å². The molecular formula is C18H33FeNaO17. The van der Waals surface area contributed by atoms with Gasteiger partial charge in [0.25, 0.3) is 0 Å². The van der Waals surface area contributed by atoms with E-state index in [9.17, 15) is 61.0 Å². The third-order valence-electron chi connectivity index (χ3n) is 5.78. The molecule has 2 rings (SSSR count). The van der Waals surface area contributed by atoms with Crippen molar-refractivity contribution < 1.29 is 102 Å². The maximum absolute atomic E-state index is 12.4. The molecule has 0 aliphatic carbocycles. The summed E-state index contributed by atoms with van der Waals surface area (Å²) in [5.74, 6) is -4.35. The molecule has 0 radical (unpaired) electrons. The van der Waals surface area contributed by atoms with E-state index in [1.807, 2.05) is 0 Å². The van der Waals surface area contributed by atoms with E-state index >= 15 is 0 Å². The van der Waals surface area contributed by atoms with Gasteiger partial charge in [-0.05, 0) is 0 Å². The Hall–Kier alpha value is 0.389. The van der Waals surface area contributed by atoms with Crippen LogP contribution in [-0.2, 0) is 40.8 Å². The molecule has 2 fully saturated rings. The standard InChI is InChI=1S/C18H32O17.Fe.Na.H/c19-1-5(23)8(24)11(27)13(29)16(31)33-15-10(26)7(3-21)34-18(15,4-22)35-17-14(30)12(28)9(25)6(2-20)32-17;;;/h5-15,17,19-30H,1-4H2;;;/t5-,6-,7-,8-,9-,10-,11+,12+,13-,14-,15+,17-,18+;;;/m1.../s1. The molecule has 216 valence electrons. The molecule has 13 atom stereocenters. The van der Waals surface area contributed by atoms with Gasteiger partial charge in [0.05, 0.1) is 19.8 Å². The second-order valence-electron chi connectivity index (χ2n) is 8.15. The summed E-state index contributed by atoms with van der Waals surface area (Å²) in [6.07, 6.45) is -23.8. The van der Waals surface area contributed by atoms with E-state index in [4.69, 9.17) is 24.1 Å². The molecule has 0 aromatic heterocycles. The summed E-state index contributed by atoms with van der Waals surface area (Å²) in [4.78, 5) is 12.4. The minimum absolute atomic E-state index is 0. The van der Waals surface area contributed by atoms with Gasteiger partial charge in [0.15, 0.2) is 18.5 Å². The number of carbonyl (C=O) groups excluding carboxylic acids is 1. The third-order valence-corrected chi connectivity index (χ3v) is 5.78. The quantitative estimate of drug-likeness (QED) is 0.0774. The van der Waals surface area contributed by atoms with Crippen LogP contribution in [0.3, 0.4) is 0 Å². The van der Waals surface area contributed by atoms with E-state index in [-0.39, 0.29) is 46.6 Å². The predicted octanol–water partition coefficient (Wildman–Crippen LogP) is -9.06. The molecule has 2 saturated heterocycles. The summed E-state index contributed by atoms with van der Waals surface area (Å²) in [6, 6.07) is 0. The van der Waals surface area contributed by atoms with Crippen molar-refractivity contribution in [2.75, 3.05) is 26.4 Å². The molecule has 17 nitrogen and oxygen atoms in total. The molecule has 0 unspecified atom stereocenters. The molecule has 0 aromatic rings. The molecule has 2 aliphatic rings. The van der Waals surface area contributed by atoms with Gasteiger partial charge in [-0.3, -0.25) is 0 Å². The number of aliphatic hydroxyl groups excluding tert-OH is 12. The van der Waals surface area contributed by atoms with Crippen molar-refractivity contribution in [3.63, 3.8) is 0 Å². The summed E-state index contributed by atoms with van der Waals surface area (Å²) in [7, 11) is 0. The van der Waals surface area contributed by atoms with Gasteiger partial charge in [0, 0.05) is 17.1 Å². The number of rotatable bonds is 11. The first-order valence-corrected chi connectivity index (χ1v) is 10.5. The Balaban J connectivity index is 0.00000648. The van der Waals surface area contributed by atoms with Crippen molar-refractivity contribution in [3.8, 4) is 0 Å². The number of ether oxygens (including phenoxy) is 4. The van der Waals surface area contributed by atoms with Gasteiger partial charge >= 0.3 is 35.5 Å². The number of esters is 1. The zero-order valence-electron chi connectivity index (χ0n) is 18.5. The minimum atomic E-state index is -2.62. The zero-order chi connectivity index (χ0) is 26.7. The Morgan fingerprint density at radius 1 is 0.838 bits per heavy atom. The van der Waals surface area contributed by atoms with Gasteiger partial charge < -0.3 is 80.2 Å². The predicted molar refractivity (Wildman–Crippen MR) is 111 cm³/mol.